The lowest BCUT2D eigenvalue weighted by Gasteiger charge is -2.41. The highest BCUT2D eigenvalue weighted by atomic mass is 16.3. The molecule has 0 N–H and O–H groups in total. The molecule has 0 saturated carbocycles. The highest BCUT2D eigenvalue weighted by Crippen LogP contribution is 2.63. The first-order valence-electron chi connectivity index (χ1n) is 20.0. The highest BCUT2D eigenvalue weighted by Gasteiger charge is 2.51. The van der Waals surface area contributed by atoms with Gasteiger partial charge in [-0.25, -0.2) is 0 Å². The molecule has 57 heavy (non-hydrogen) atoms. The summed E-state index contributed by atoms with van der Waals surface area (Å²) in [5, 5.41) is 4.89. The first-order valence-corrected chi connectivity index (χ1v) is 20.0. The van der Waals surface area contributed by atoms with E-state index < -0.39 is 5.41 Å². The fourth-order valence-corrected chi connectivity index (χ4v) is 10.2. The molecular formula is C55H37NO. The van der Waals surface area contributed by atoms with Gasteiger partial charge in [0, 0.05) is 27.8 Å². The van der Waals surface area contributed by atoms with Gasteiger partial charge in [0.15, 0.2) is 0 Å². The summed E-state index contributed by atoms with van der Waals surface area (Å²) in [6.45, 7) is 2.31. The number of hydrogen-bond acceptors (Lipinski definition) is 2. The number of para-hydroxylation sites is 1. The molecule has 268 valence electrons. The maximum absolute atomic E-state index is 6.33. The van der Waals surface area contributed by atoms with Gasteiger partial charge in [0.25, 0.3) is 0 Å². The minimum Gasteiger partial charge on any atom is -0.456 e. The van der Waals surface area contributed by atoms with Gasteiger partial charge in [-0.3, -0.25) is 0 Å². The quantitative estimate of drug-likeness (QED) is 0.175. The van der Waals surface area contributed by atoms with Crippen LogP contribution in [0, 0.1) is 0 Å². The molecule has 9 aromatic carbocycles. The summed E-state index contributed by atoms with van der Waals surface area (Å²) >= 11 is 0. The lowest BCUT2D eigenvalue weighted by atomic mass is 9.60. The average Bonchev–Trinajstić information content (AvgIpc) is 3.79. The van der Waals surface area contributed by atoms with Crippen molar-refractivity contribution in [2.45, 2.75) is 18.8 Å². The summed E-state index contributed by atoms with van der Waals surface area (Å²) in [4.78, 5) is 2.43. The molecule has 0 fully saturated rings. The average molecular weight is 728 g/mol. The van der Waals surface area contributed by atoms with Crippen LogP contribution in [-0.4, -0.2) is 0 Å². The number of hydrogen-bond donors (Lipinski definition) is 0. The number of aryl methyl sites for hydroxylation is 1. The summed E-state index contributed by atoms with van der Waals surface area (Å²) in [5.41, 5.74) is 19.0. The van der Waals surface area contributed by atoms with Crippen LogP contribution in [0.15, 0.2) is 199 Å². The molecule has 2 aliphatic carbocycles. The van der Waals surface area contributed by atoms with Crippen LogP contribution < -0.4 is 4.90 Å². The van der Waals surface area contributed by atoms with Crippen molar-refractivity contribution in [2.24, 2.45) is 0 Å². The fraction of sp³-hybridized carbons (Fsp3) is 0.0545. The van der Waals surface area contributed by atoms with Gasteiger partial charge in [-0.05, 0) is 127 Å². The summed E-state index contributed by atoms with van der Waals surface area (Å²) in [6.07, 6.45) is 0.944. The van der Waals surface area contributed by atoms with Crippen molar-refractivity contribution in [3.63, 3.8) is 0 Å². The third kappa shape index (κ3) is 4.47. The van der Waals surface area contributed by atoms with Gasteiger partial charge in [0.1, 0.15) is 11.2 Å². The molecule has 1 unspecified atom stereocenters. The Bertz CT molecular complexity index is 3230. The summed E-state index contributed by atoms with van der Waals surface area (Å²) in [7, 11) is 0. The summed E-state index contributed by atoms with van der Waals surface area (Å²) in [5.74, 6) is 0. The highest BCUT2D eigenvalue weighted by molar-refractivity contribution is 6.09. The molecule has 0 saturated heterocycles. The van der Waals surface area contributed by atoms with Gasteiger partial charge in [0.2, 0.25) is 0 Å². The second-order valence-electron chi connectivity index (χ2n) is 15.5. The van der Waals surface area contributed by atoms with Crippen molar-refractivity contribution in [1.82, 2.24) is 0 Å². The van der Waals surface area contributed by atoms with Crippen LogP contribution in [0.2, 0.25) is 0 Å². The Balaban J connectivity index is 1.15. The Morgan fingerprint density at radius 2 is 1.05 bits per heavy atom. The van der Waals surface area contributed by atoms with Crippen molar-refractivity contribution >= 4 is 49.8 Å². The standard InChI is InChI=1S/C55H37NO/c1-2-35-23-24-38-15-12-19-46-43-17-7-10-21-49(43)55(54(35)53(38)46)48-20-9-6-16-42(48)44-31-29-41(34-50(44)55)56(39-27-25-37(26-28-39)36-13-4-3-5-14-36)40-30-32-52-47(33-40)45-18-8-11-22-51(45)57-52/h3-34H,2H2,1H3. The van der Waals surface area contributed by atoms with Crippen molar-refractivity contribution in [2.75, 3.05) is 4.90 Å². The maximum Gasteiger partial charge on any atom is 0.135 e. The Kier molecular flexibility index (Phi) is 6.86. The van der Waals surface area contributed by atoms with E-state index >= 15 is 0 Å². The minimum absolute atomic E-state index is 0.509. The van der Waals surface area contributed by atoms with Crippen molar-refractivity contribution < 1.29 is 4.42 Å². The summed E-state index contributed by atoms with van der Waals surface area (Å²) < 4.78 is 6.33. The van der Waals surface area contributed by atoms with Gasteiger partial charge >= 0.3 is 0 Å². The number of anilines is 3. The third-order valence-corrected chi connectivity index (χ3v) is 12.6. The molecule has 0 amide bonds. The van der Waals surface area contributed by atoms with Crippen LogP contribution in [0.25, 0.3) is 66.1 Å². The molecule has 12 rings (SSSR count). The zero-order valence-corrected chi connectivity index (χ0v) is 31.5. The van der Waals surface area contributed by atoms with Gasteiger partial charge in [-0.15, -0.1) is 0 Å². The number of fused-ring (bicyclic) bond motifs is 12. The normalized spacial score (nSPS) is 14.9. The Morgan fingerprint density at radius 3 is 1.86 bits per heavy atom. The molecule has 1 atom stereocenters. The molecule has 0 aliphatic heterocycles. The van der Waals surface area contributed by atoms with Crippen LogP contribution >= 0.6 is 0 Å². The van der Waals surface area contributed by atoms with E-state index in [2.05, 4.69) is 200 Å². The topological polar surface area (TPSA) is 16.4 Å². The zero-order chi connectivity index (χ0) is 37.7. The summed E-state index contributed by atoms with van der Waals surface area (Å²) in [6, 6.07) is 71.7. The van der Waals surface area contributed by atoms with Gasteiger partial charge < -0.3 is 9.32 Å². The van der Waals surface area contributed by atoms with E-state index in [1.54, 1.807) is 0 Å². The second-order valence-corrected chi connectivity index (χ2v) is 15.5. The molecule has 2 aliphatic rings. The molecule has 10 aromatic rings. The monoisotopic (exact) mass is 727 g/mol. The Hall–Kier alpha value is -7.16. The second kappa shape index (κ2) is 12.2. The first-order chi connectivity index (χ1) is 28.2. The Labute approximate surface area is 331 Å². The molecule has 1 aromatic heterocycles. The smallest absolute Gasteiger partial charge is 0.135 e. The van der Waals surface area contributed by atoms with Crippen molar-refractivity contribution in [3.8, 4) is 33.4 Å². The van der Waals surface area contributed by atoms with Gasteiger partial charge in [-0.2, -0.15) is 0 Å². The maximum atomic E-state index is 6.33. The molecule has 0 bridgehead atoms. The van der Waals surface area contributed by atoms with Crippen LogP contribution in [0.5, 0.6) is 0 Å². The van der Waals surface area contributed by atoms with E-state index in [0.29, 0.717) is 0 Å². The fourth-order valence-electron chi connectivity index (χ4n) is 10.2. The third-order valence-electron chi connectivity index (χ3n) is 12.6. The van der Waals surface area contributed by atoms with E-state index in [1.807, 2.05) is 6.07 Å². The lowest BCUT2D eigenvalue weighted by molar-refractivity contribution is 0.669. The van der Waals surface area contributed by atoms with Crippen molar-refractivity contribution in [3.05, 3.63) is 222 Å². The predicted molar refractivity (Wildman–Crippen MR) is 237 cm³/mol. The van der Waals surface area contributed by atoms with Crippen LogP contribution in [0.3, 0.4) is 0 Å². The van der Waals surface area contributed by atoms with E-state index in [4.69, 9.17) is 4.42 Å². The van der Waals surface area contributed by atoms with Crippen LogP contribution in [-0.2, 0) is 11.8 Å². The van der Waals surface area contributed by atoms with E-state index in [-0.39, 0.29) is 0 Å². The van der Waals surface area contributed by atoms with Gasteiger partial charge in [-0.1, -0.05) is 153 Å². The molecular weight excluding hydrogens is 691 g/mol. The largest absolute Gasteiger partial charge is 0.456 e. The Morgan fingerprint density at radius 1 is 0.439 bits per heavy atom. The SMILES string of the molecule is CCc1ccc2cccc3c2c1C1(c2ccccc2-c2ccc(N(c4ccc(-c5ccccc5)cc4)c4ccc5oc6ccccc6c5c4)cc21)c1ccccc1-3. The first kappa shape index (κ1) is 32.1. The molecule has 2 heteroatoms. The van der Waals surface area contributed by atoms with Crippen LogP contribution in [0.4, 0.5) is 17.1 Å². The van der Waals surface area contributed by atoms with E-state index in [0.717, 1.165) is 45.4 Å². The minimum atomic E-state index is -0.509. The molecule has 1 spiro atoms. The predicted octanol–water partition coefficient (Wildman–Crippen LogP) is 14.8. The van der Waals surface area contributed by atoms with Crippen molar-refractivity contribution in [1.29, 1.82) is 0 Å². The number of rotatable bonds is 5. The lowest BCUT2D eigenvalue weighted by Crippen LogP contribution is -2.33. The number of benzene rings is 9. The van der Waals surface area contributed by atoms with Crippen LogP contribution in [0.1, 0.15) is 34.7 Å². The number of furan rings is 1. The van der Waals surface area contributed by atoms with Gasteiger partial charge in [0.05, 0.1) is 5.41 Å². The number of nitrogens with zero attached hydrogens (tertiary/aromatic N) is 1. The molecule has 1 heterocycles. The zero-order valence-electron chi connectivity index (χ0n) is 31.5. The van der Waals surface area contributed by atoms with E-state index in [1.165, 1.54) is 72.0 Å². The molecule has 2 nitrogen and oxygen atoms in total. The molecule has 0 radical (unpaired) electrons. The van der Waals surface area contributed by atoms with E-state index in [9.17, 15) is 0 Å².